The molecule has 1 N–H and O–H groups in total. The summed E-state index contributed by atoms with van der Waals surface area (Å²) in [7, 11) is 0. The number of nitro groups is 1. The highest BCUT2D eigenvalue weighted by Crippen LogP contribution is 2.25. The fraction of sp³-hybridized carbons (Fsp3) is 0.250. The van der Waals surface area contributed by atoms with Crippen molar-refractivity contribution in [3.05, 3.63) is 110 Å². The molecule has 1 aromatic heterocycles. The van der Waals surface area contributed by atoms with Crippen LogP contribution in [0.1, 0.15) is 47.2 Å². The molecule has 0 atom stereocenters. The molecule has 0 aliphatic heterocycles. The summed E-state index contributed by atoms with van der Waals surface area (Å²) in [6.45, 7) is 0.290. The van der Waals surface area contributed by atoms with Crippen molar-refractivity contribution >= 4 is 34.3 Å². The van der Waals surface area contributed by atoms with Crippen molar-refractivity contribution in [1.82, 2.24) is 14.9 Å². The van der Waals surface area contributed by atoms with Crippen molar-refractivity contribution in [3.8, 4) is 0 Å². The molecule has 0 unspecified atom stereocenters. The lowest BCUT2D eigenvalue weighted by molar-refractivity contribution is -0.384. The van der Waals surface area contributed by atoms with Gasteiger partial charge in [0.25, 0.3) is 17.2 Å². The lowest BCUT2D eigenvalue weighted by atomic mass is 10.1. The smallest absolute Gasteiger partial charge is 0.269 e. The zero-order valence-electron chi connectivity index (χ0n) is 20.1. The number of aromatic nitrogens is 2. The zero-order chi connectivity index (χ0) is 25.8. The van der Waals surface area contributed by atoms with Crippen LogP contribution in [0.4, 0.5) is 5.69 Å². The SMILES string of the molecule is O=C(NC1CCCC1)c1ccc(Cn2c(SCc3cccc([N+](=O)[O-])c3)nc3ccccc3c2=O)cc1. The highest BCUT2D eigenvalue weighted by molar-refractivity contribution is 7.98. The summed E-state index contributed by atoms with van der Waals surface area (Å²) in [5.74, 6) is 0.350. The predicted octanol–water partition coefficient (Wildman–Crippen LogP) is 5.32. The van der Waals surface area contributed by atoms with Gasteiger partial charge in [-0.25, -0.2) is 4.98 Å². The average molecular weight is 515 g/mol. The van der Waals surface area contributed by atoms with Gasteiger partial charge in [0.15, 0.2) is 5.16 Å². The number of carbonyl (C=O) groups excluding carboxylic acids is 1. The Morgan fingerprint density at radius 3 is 2.54 bits per heavy atom. The zero-order valence-corrected chi connectivity index (χ0v) is 20.9. The summed E-state index contributed by atoms with van der Waals surface area (Å²) in [6.07, 6.45) is 4.36. The van der Waals surface area contributed by atoms with Gasteiger partial charge < -0.3 is 5.32 Å². The third-order valence-electron chi connectivity index (χ3n) is 6.56. The molecule has 1 heterocycles. The number of nitro benzene ring substituents is 1. The van der Waals surface area contributed by atoms with E-state index in [2.05, 4.69) is 5.32 Å². The maximum absolute atomic E-state index is 13.4. The molecular formula is C28H26N4O4S. The summed E-state index contributed by atoms with van der Waals surface area (Å²) >= 11 is 1.36. The maximum atomic E-state index is 13.4. The van der Waals surface area contributed by atoms with E-state index in [0.717, 1.165) is 36.8 Å². The maximum Gasteiger partial charge on any atom is 0.269 e. The summed E-state index contributed by atoms with van der Waals surface area (Å²) in [6, 6.07) is 21.2. The minimum absolute atomic E-state index is 0.0269. The molecule has 1 amide bonds. The monoisotopic (exact) mass is 514 g/mol. The third kappa shape index (κ3) is 5.72. The van der Waals surface area contributed by atoms with Gasteiger partial charge in [-0.15, -0.1) is 0 Å². The van der Waals surface area contributed by atoms with Crippen molar-refractivity contribution in [3.63, 3.8) is 0 Å². The number of non-ortho nitro benzene ring substituents is 1. The molecule has 0 bridgehead atoms. The number of hydrogen-bond acceptors (Lipinski definition) is 6. The minimum atomic E-state index is -0.421. The number of fused-ring (bicyclic) bond motifs is 1. The molecule has 4 aromatic rings. The Morgan fingerprint density at radius 1 is 1.03 bits per heavy atom. The van der Waals surface area contributed by atoms with E-state index in [1.165, 1.54) is 23.9 Å². The molecule has 0 spiro atoms. The fourth-order valence-electron chi connectivity index (χ4n) is 4.59. The van der Waals surface area contributed by atoms with Crippen LogP contribution in [0.5, 0.6) is 0 Å². The minimum Gasteiger partial charge on any atom is -0.349 e. The Morgan fingerprint density at radius 2 is 1.78 bits per heavy atom. The second kappa shape index (κ2) is 11.0. The van der Waals surface area contributed by atoms with Gasteiger partial charge in [0.05, 0.1) is 22.4 Å². The predicted molar refractivity (Wildman–Crippen MR) is 144 cm³/mol. The first-order valence-electron chi connectivity index (χ1n) is 12.2. The van der Waals surface area contributed by atoms with Crippen LogP contribution in [0, 0.1) is 10.1 Å². The Labute approximate surface area is 217 Å². The molecule has 0 saturated heterocycles. The van der Waals surface area contributed by atoms with Gasteiger partial charge in [-0.3, -0.25) is 24.3 Å². The second-order valence-corrected chi connectivity index (χ2v) is 10.1. The first-order valence-corrected chi connectivity index (χ1v) is 13.2. The Balaban J connectivity index is 1.40. The van der Waals surface area contributed by atoms with Gasteiger partial charge in [-0.05, 0) is 48.2 Å². The van der Waals surface area contributed by atoms with Crippen molar-refractivity contribution < 1.29 is 9.72 Å². The average Bonchev–Trinajstić information content (AvgIpc) is 3.43. The largest absolute Gasteiger partial charge is 0.349 e. The number of nitrogens with one attached hydrogen (secondary N) is 1. The van der Waals surface area contributed by atoms with Crippen LogP contribution in [0.25, 0.3) is 10.9 Å². The van der Waals surface area contributed by atoms with E-state index in [0.29, 0.717) is 33.9 Å². The van der Waals surface area contributed by atoms with Gasteiger partial charge >= 0.3 is 0 Å². The molecule has 9 heteroatoms. The normalized spacial score (nSPS) is 13.6. The Kier molecular flexibility index (Phi) is 7.32. The van der Waals surface area contributed by atoms with Crippen molar-refractivity contribution in [2.75, 3.05) is 0 Å². The van der Waals surface area contributed by atoms with E-state index >= 15 is 0 Å². The molecule has 1 aliphatic carbocycles. The van der Waals surface area contributed by atoms with E-state index in [1.54, 1.807) is 34.9 Å². The number of amides is 1. The van der Waals surface area contributed by atoms with Crippen molar-refractivity contribution in [2.24, 2.45) is 0 Å². The van der Waals surface area contributed by atoms with Crippen LogP contribution in [0.3, 0.4) is 0 Å². The summed E-state index contributed by atoms with van der Waals surface area (Å²) < 4.78 is 1.62. The van der Waals surface area contributed by atoms with Crippen molar-refractivity contribution in [1.29, 1.82) is 0 Å². The molecule has 5 rings (SSSR count). The Hall–Kier alpha value is -3.98. The molecule has 37 heavy (non-hydrogen) atoms. The van der Waals surface area contributed by atoms with Crippen LogP contribution >= 0.6 is 11.8 Å². The summed E-state index contributed by atoms with van der Waals surface area (Å²) in [5.41, 5.74) is 2.71. The number of hydrogen-bond donors (Lipinski definition) is 1. The van der Waals surface area contributed by atoms with Crippen LogP contribution in [-0.4, -0.2) is 26.4 Å². The Bertz CT molecular complexity index is 1510. The van der Waals surface area contributed by atoms with E-state index in [-0.39, 0.29) is 23.2 Å². The van der Waals surface area contributed by atoms with Gasteiger partial charge in [0.2, 0.25) is 0 Å². The molecule has 0 radical (unpaired) electrons. The second-order valence-electron chi connectivity index (χ2n) is 9.17. The van der Waals surface area contributed by atoms with Crippen LogP contribution in [-0.2, 0) is 12.3 Å². The van der Waals surface area contributed by atoms with E-state index in [9.17, 15) is 19.7 Å². The van der Waals surface area contributed by atoms with Crippen LogP contribution in [0.15, 0.2) is 82.7 Å². The molecule has 1 saturated carbocycles. The lowest BCUT2D eigenvalue weighted by Crippen LogP contribution is -2.32. The quantitative estimate of drug-likeness (QED) is 0.148. The third-order valence-corrected chi connectivity index (χ3v) is 7.61. The number of rotatable bonds is 8. The van der Waals surface area contributed by atoms with Crippen molar-refractivity contribution in [2.45, 2.75) is 49.2 Å². The van der Waals surface area contributed by atoms with Gasteiger partial charge in [-0.2, -0.15) is 0 Å². The number of benzene rings is 3. The number of carbonyl (C=O) groups is 1. The first kappa shape index (κ1) is 24.7. The topological polar surface area (TPSA) is 107 Å². The van der Waals surface area contributed by atoms with Crippen LogP contribution in [0.2, 0.25) is 0 Å². The van der Waals surface area contributed by atoms with Gasteiger partial charge in [-0.1, -0.05) is 61.0 Å². The highest BCUT2D eigenvalue weighted by Gasteiger charge is 2.18. The number of thioether (sulfide) groups is 1. The summed E-state index contributed by atoms with van der Waals surface area (Å²) in [4.78, 5) is 41.5. The first-order chi connectivity index (χ1) is 18.0. The molecule has 1 aliphatic rings. The number of nitrogens with zero attached hydrogens (tertiary/aromatic N) is 3. The molecular weight excluding hydrogens is 488 g/mol. The molecule has 1 fully saturated rings. The molecule has 188 valence electrons. The van der Waals surface area contributed by atoms with E-state index in [1.807, 2.05) is 30.3 Å². The molecule has 3 aromatic carbocycles. The number of para-hydroxylation sites is 1. The van der Waals surface area contributed by atoms with E-state index in [4.69, 9.17) is 4.98 Å². The van der Waals surface area contributed by atoms with Gasteiger partial charge in [0.1, 0.15) is 0 Å². The van der Waals surface area contributed by atoms with Gasteiger partial charge in [0, 0.05) is 29.5 Å². The van der Waals surface area contributed by atoms with Crippen LogP contribution < -0.4 is 10.9 Å². The fourth-order valence-corrected chi connectivity index (χ4v) is 5.53. The highest BCUT2D eigenvalue weighted by atomic mass is 32.2. The standard InChI is InChI=1S/C28H26N4O4S/c33-26(29-22-7-1-2-8-22)21-14-12-19(13-15-21)17-31-27(34)24-10-3-4-11-25(24)30-28(31)37-18-20-6-5-9-23(16-20)32(35)36/h3-6,9-16,22H,1-2,7-8,17-18H2,(H,29,33). The molecule has 8 nitrogen and oxygen atoms in total. The summed E-state index contributed by atoms with van der Waals surface area (Å²) in [5, 5.41) is 15.3. The van der Waals surface area contributed by atoms with E-state index < -0.39 is 4.92 Å². The lowest BCUT2D eigenvalue weighted by Gasteiger charge is -2.14.